The second kappa shape index (κ2) is 6.75. The number of nitrogens with zero attached hydrogens (tertiary/aromatic N) is 1. The molecule has 1 aromatic heterocycles. The lowest BCUT2D eigenvalue weighted by molar-refractivity contribution is -0.141. The van der Waals surface area contributed by atoms with Gasteiger partial charge in [-0.1, -0.05) is 18.2 Å². The van der Waals surface area contributed by atoms with E-state index in [1.165, 1.54) is 11.1 Å². The van der Waals surface area contributed by atoms with Gasteiger partial charge in [0.1, 0.15) is 23.0 Å². The number of benzene rings is 2. The van der Waals surface area contributed by atoms with Crippen molar-refractivity contribution in [3.05, 3.63) is 86.4 Å². The average Bonchev–Trinajstić information content (AvgIpc) is 2.58. The van der Waals surface area contributed by atoms with Crippen LogP contribution in [0.25, 0.3) is 5.69 Å². The van der Waals surface area contributed by atoms with Crippen LogP contribution < -0.4 is 16.0 Å². The van der Waals surface area contributed by atoms with E-state index in [1.54, 1.807) is 31.2 Å². The van der Waals surface area contributed by atoms with Crippen LogP contribution in [0.2, 0.25) is 0 Å². The number of aromatic nitrogens is 2. The molecular weight excluding hydrogens is 368 g/mol. The molecule has 1 N–H and O–H groups in total. The molecule has 9 heteroatoms. The number of hydrogen-bond donors (Lipinski definition) is 1. The lowest BCUT2D eigenvalue weighted by Gasteiger charge is -2.12. The number of H-pyrrole nitrogens is 1. The fourth-order valence-electron chi connectivity index (χ4n) is 2.40. The molecule has 0 aliphatic rings. The lowest BCUT2D eigenvalue weighted by Crippen LogP contribution is -2.36. The molecule has 0 aliphatic heterocycles. The molecular formula is C18H12F4N2O3. The van der Waals surface area contributed by atoms with Gasteiger partial charge in [0.05, 0.1) is 5.69 Å². The first kappa shape index (κ1) is 18.4. The van der Waals surface area contributed by atoms with Gasteiger partial charge in [-0.05, 0) is 30.7 Å². The van der Waals surface area contributed by atoms with Gasteiger partial charge in [0.15, 0.2) is 0 Å². The Balaban J connectivity index is 2.09. The van der Waals surface area contributed by atoms with Gasteiger partial charge in [-0.3, -0.25) is 4.79 Å². The largest absolute Gasteiger partial charge is 0.457 e. The summed E-state index contributed by atoms with van der Waals surface area (Å²) in [4.78, 5) is 25.5. The third kappa shape index (κ3) is 3.76. The van der Waals surface area contributed by atoms with E-state index in [-0.39, 0.29) is 16.4 Å². The van der Waals surface area contributed by atoms with Crippen molar-refractivity contribution in [1.82, 2.24) is 9.55 Å². The lowest BCUT2D eigenvalue weighted by atomic mass is 10.2. The molecule has 0 bridgehead atoms. The minimum atomic E-state index is -4.91. The highest BCUT2D eigenvalue weighted by molar-refractivity contribution is 5.44. The highest BCUT2D eigenvalue weighted by Crippen LogP contribution is 2.28. The third-order valence-electron chi connectivity index (χ3n) is 3.72. The molecule has 27 heavy (non-hydrogen) atoms. The Bertz CT molecular complexity index is 1090. The maximum absolute atomic E-state index is 14.2. The van der Waals surface area contributed by atoms with Crippen LogP contribution in [-0.2, 0) is 6.18 Å². The molecule has 2 aromatic carbocycles. The van der Waals surface area contributed by atoms with E-state index in [0.717, 1.165) is 17.7 Å². The molecule has 140 valence electrons. The molecule has 0 saturated heterocycles. The van der Waals surface area contributed by atoms with Crippen LogP contribution in [0.3, 0.4) is 0 Å². The molecule has 0 spiro atoms. The van der Waals surface area contributed by atoms with Crippen LogP contribution in [0.5, 0.6) is 11.5 Å². The first-order valence-corrected chi connectivity index (χ1v) is 7.64. The van der Waals surface area contributed by atoms with Crippen molar-refractivity contribution in [3.8, 4) is 17.2 Å². The van der Waals surface area contributed by atoms with Crippen molar-refractivity contribution < 1.29 is 22.3 Å². The maximum Gasteiger partial charge on any atom is 0.431 e. The van der Waals surface area contributed by atoms with E-state index in [2.05, 4.69) is 0 Å². The summed E-state index contributed by atoms with van der Waals surface area (Å²) in [6.07, 6.45) is -4.91. The molecule has 0 aliphatic carbocycles. The van der Waals surface area contributed by atoms with Gasteiger partial charge in [-0.15, -0.1) is 0 Å². The van der Waals surface area contributed by atoms with Crippen LogP contribution in [-0.4, -0.2) is 9.55 Å². The molecule has 3 rings (SSSR count). The minimum absolute atomic E-state index is 0.104. The fourth-order valence-corrected chi connectivity index (χ4v) is 2.40. The van der Waals surface area contributed by atoms with Gasteiger partial charge in [-0.2, -0.15) is 13.2 Å². The van der Waals surface area contributed by atoms with E-state index >= 15 is 0 Å². The van der Waals surface area contributed by atoms with Gasteiger partial charge >= 0.3 is 11.9 Å². The first-order valence-electron chi connectivity index (χ1n) is 7.64. The summed E-state index contributed by atoms with van der Waals surface area (Å²) in [6.45, 7) is 1.78. The van der Waals surface area contributed by atoms with E-state index in [9.17, 15) is 27.2 Å². The van der Waals surface area contributed by atoms with Gasteiger partial charge < -0.3 is 9.72 Å². The predicted molar refractivity (Wildman–Crippen MR) is 88.9 cm³/mol. The minimum Gasteiger partial charge on any atom is -0.457 e. The highest BCUT2D eigenvalue weighted by Gasteiger charge is 2.33. The molecule has 0 saturated carbocycles. The van der Waals surface area contributed by atoms with Crippen molar-refractivity contribution >= 4 is 0 Å². The van der Waals surface area contributed by atoms with Crippen molar-refractivity contribution in [3.63, 3.8) is 0 Å². The number of halogens is 4. The Hall–Kier alpha value is -3.36. The van der Waals surface area contributed by atoms with E-state index in [0.29, 0.717) is 5.75 Å². The number of ether oxygens (including phenoxy) is 1. The average molecular weight is 380 g/mol. The number of aryl methyl sites for hydroxylation is 1. The van der Waals surface area contributed by atoms with E-state index < -0.39 is 34.6 Å². The Morgan fingerprint density at radius 3 is 2.37 bits per heavy atom. The number of rotatable bonds is 3. The number of aromatic amines is 1. The normalized spacial score (nSPS) is 11.4. The molecule has 0 atom stereocenters. The number of nitrogens with one attached hydrogen (secondary N) is 1. The summed E-state index contributed by atoms with van der Waals surface area (Å²) in [6, 6.07) is 10.4. The first-order chi connectivity index (χ1) is 12.7. The quantitative estimate of drug-likeness (QED) is 0.704. The Kier molecular flexibility index (Phi) is 4.61. The molecule has 5 nitrogen and oxygen atoms in total. The zero-order valence-corrected chi connectivity index (χ0v) is 13.8. The smallest absolute Gasteiger partial charge is 0.431 e. The standard InChI is InChI=1S/C18H12F4N2O3/c1-10-4-2-3-5-14(10)27-11-6-7-12(19)13(8-11)24-16(25)9-15(18(20,21)22)23-17(24)26/h2-9H,1H3,(H,23,26). The summed E-state index contributed by atoms with van der Waals surface area (Å²) in [5, 5.41) is 0. The SMILES string of the molecule is Cc1ccccc1Oc1ccc(F)c(-n2c(=O)cc(C(F)(F)F)[nH]c2=O)c1. The topological polar surface area (TPSA) is 64.1 Å². The van der Waals surface area contributed by atoms with Crippen LogP contribution >= 0.6 is 0 Å². The van der Waals surface area contributed by atoms with Gasteiger partial charge in [0.2, 0.25) is 0 Å². The van der Waals surface area contributed by atoms with Crippen molar-refractivity contribution in [2.75, 3.05) is 0 Å². The van der Waals surface area contributed by atoms with Crippen LogP contribution in [0, 0.1) is 12.7 Å². The fraction of sp³-hybridized carbons (Fsp3) is 0.111. The summed E-state index contributed by atoms with van der Waals surface area (Å²) in [7, 11) is 0. The molecule has 0 radical (unpaired) electrons. The van der Waals surface area contributed by atoms with Gasteiger partial charge in [0.25, 0.3) is 5.56 Å². The van der Waals surface area contributed by atoms with Gasteiger partial charge in [-0.25, -0.2) is 13.8 Å². The van der Waals surface area contributed by atoms with Crippen LogP contribution in [0.15, 0.2) is 58.1 Å². The molecule has 0 fully saturated rings. The van der Waals surface area contributed by atoms with Crippen LogP contribution in [0.4, 0.5) is 17.6 Å². The van der Waals surface area contributed by atoms with Crippen molar-refractivity contribution in [2.45, 2.75) is 13.1 Å². The van der Waals surface area contributed by atoms with Crippen molar-refractivity contribution in [2.24, 2.45) is 0 Å². The van der Waals surface area contributed by atoms with Crippen LogP contribution in [0.1, 0.15) is 11.3 Å². The highest BCUT2D eigenvalue weighted by atomic mass is 19.4. The monoisotopic (exact) mass is 380 g/mol. The second-order valence-electron chi connectivity index (χ2n) is 5.64. The van der Waals surface area contributed by atoms with E-state index in [4.69, 9.17) is 4.74 Å². The third-order valence-corrected chi connectivity index (χ3v) is 3.72. The summed E-state index contributed by atoms with van der Waals surface area (Å²) >= 11 is 0. The Morgan fingerprint density at radius 2 is 1.74 bits per heavy atom. The summed E-state index contributed by atoms with van der Waals surface area (Å²) in [5.74, 6) is -0.407. The molecule has 0 unspecified atom stereocenters. The molecule has 0 amide bonds. The number of para-hydroxylation sites is 1. The Labute approximate surface area is 149 Å². The zero-order chi connectivity index (χ0) is 19.8. The summed E-state index contributed by atoms with van der Waals surface area (Å²) < 4.78 is 58.1. The maximum atomic E-state index is 14.2. The zero-order valence-electron chi connectivity index (χ0n) is 13.8. The Morgan fingerprint density at radius 1 is 1.04 bits per heavy atom. The number of alkyl halides is 3. The molecule has 1 heterocycles. The number of hydrogen-bond acceptors (Lipinski definition) is 3. The summed E-state index contributed by atoms with van der Waals surface area (Å²) in [5.41, 5.74) is -3.99. The second-order valence-corrected chi connectivity index (χ2v) is 5.64. The molecule has 3 aromatic rings. The van der Waals surface area contributed by atoms with Gasteiger partial charge in [0, 0.05) is 12.1 Å². The predicted octanol–water partition coefficient (Wildman–Crippen LogP) is 3.78. The van der Waals surface area contributed by atoms with E-state index in [1.807, 2.05) is 0 Å². The van der Waals surface area contributed by atoms with Crippen molar-refractivity contribution in [1.29, 1.82) is 0 Å².